The third-order valence-electron chi connectivity index (χ3n) is 4.68. The van der Waals surface area contributed by atoms with E-state index in [1.54, 1.807) is 0 Å². The van der Waals surface area contributed by atoms with E-state index in [0.717, 1.165) is 6.42 Å². The SMILES string of the molecule is [CH2]CCCCCCCCCCCCCCCCCSCCCC. The van der Waals surface area contributed by atoms with Gasteiger partial charge in [-0.05, 0) is 24.3 Å². The summed E-state index contributed by atoms with van der Waals surface area (Å²) in [5, 5.41) is 0. The Morgan fingerprint density at radius 3 is 1.22 bits per heavy atom. The Morgan fingerprint density at radius 2 is 0.826 bits per heavy atom. The normalized spacial score (nSPS) is 11.2. The molecule has 0 aliphatic heterocycles. The van der Waals surface area contributed by atoms with Crippen molar-refractivity contribution in [2.45, 2.75) is 122 Å². The topological polar surface area (TPSA) is 0 Å². The number of hydrogen-bond donors (Lipinski definition) is 0. The van der Waals surface area contributed by atoms with E-state index in [2.05, 4.69) is 25.6 Å². The molecule has 0 saturated heterocycles. The van der Waals surface area contributed by atoms with Gasteiger partial charge in [-0.3, -0.25) is 0 Å². The summed E-state index contributed by atoms with van der Waals surface area (Å²) in [4.78, 5) is 0. The lowest BCUT2D eigenvalue weighted by Crippen LogP contribution is -1.86. The smallest absolute Gasteiger partial charge is 0.00675 e. The van der Waals surface area contributed by atoms with Crippen molar-refractivity contribution in [1.82, 2.24) is 0 Å². The van der Waals surface area contributed by atoms with Crippen LogP contribution in [0.1, 0.15) is 122 Å². The molecule has 0 atom stereocenters. The van der Waals surface area contributed by atoms with E-state index in [9.17, 15) is 0 Å². The Labute approximate surface area is 153 Å². The van der Waals surface area contributed by atoms with Gasteiger partial charge in [0.05, 0.1) is 0 Å². The zero-order chi connectivity index (χ0) is 16.8. The van der Waals surface area contributed by atoms with Crippen LogP contribution in [0, 0.1) is 6.92 Å². The number of thioether (sulfide) groups is 1. The van der Waals surface area contributed by atoms with Gasteiger partial charge in [0.15, 0.2) is 0 Å². The van der Waals surface area contributed by atoms with Gasteiger partial charge in [0.1, 0.15) is 0 Å². The average molecular weight is 342 g/mol. The molecule has 0 fully saturated rings. The molecular formula is C22H45S. The van der Waals surface area contributed by atoms with Gasteiger partial charge in [0.2, 0.25) is 0 Å². The summed E-state index contributed by atoms with van der Waals surface area (Å²) in [6, 6.07) is 0. The van der Waals surface area contributed by atoms with E-state index in [4.69, 9.17) is 0 Å². The third-order valence-corrected chi connectivity index (χ3v) is 5.84. The summed E-state index contributed by atoms with van der Waals surface area (Å²) in [6.45, 7) is 6.19. The molecule has 139 valence electrons. The first-order chi connectivity index (χ1) is 11.4. The van der Waals surface area contributed by atoms with Crippen molar-refractivity contribution in [3.63, 3.8) is 0 Å². The maximum absolute atomic E-state index is 3.90. The largest absolute Gasteiger partial charge is 0.162 e. The van der Waals surface area contributed by atoms with Crippen LogP contribution in [-0.4, -0.2) is 11.5 Å². The Balaban J connectivity index is 2.92. The van der Waals surface area contributed by atoms with Gasteiger partial charge >= 0.3 is 0 Å². The summed E-state index contributed by atoms with van der Waals surface area (Å²) in [5.74, 6) is 2.78. The van der Waals surface area contributed by atoms with Crippen LogP contribution in [0.5, 0.6) is 0 Å². The van der Waals surface area contributed by atoms with Crippen molar-refractivity contribution in [1.29, 1.82) is 0 Å². The van der Waals surface area contributed by atoms with E-state index in [1.165, 1.54) is 121 Å². The molecule has 1 radical (unpaired) electrons. The van der Waals surface area contributed by atoms with E-state index in [-0.39, 0.29) is 0 Å². The molecule has 0 rings (SSSR count). The molecule has 0 unspecified atom stereocenters. The van der Waals surface area contributed by atoms with Gasteiger partial charge in [0, 0.05) is 0 Å². The second kappa shape index (κ2) is 22.4. The highest BCUT2D eigenvalue weighted by Crippen LogP contribution is 2.14. The molecule has 0 spiro atoms. The fourth-order valence-electron chi connectivity index (χ4n) is 3.03. The monoisotopic (exact) mass is 341 g/mol. The van der Waals surface area contributed by atoms with Gasteiger partial charge in [-0.15, -0.1) is 0 Å². The summed E-state index contributed by atoms with van der Waals surface area (Å²) < 4.78 is 0. The van der Waals surface area contributed by atoms with Crippen LogP contribution in [-0.2, 0) is 0 Å². The molecule has 0 aliphatic carbocycles. The molecule has 0 aromatic rings. The summed E-state index contributed by atoms with van der Waals surface area (Å²) in [6.07, 6.45) is 25.7. The molecule has 0 aromatic carbocycles. The van der Waals surface area contributed by atoms with Gasteiger partial charge < -0.3 is 0 Å². The maximum atomic E-state index is 3.90. The van der Waals surface area contributed by atoms with Crippen molar-refractivity contribution in [3.05, 3.63) is 6.92 Å². The molecule has 0 heterocycles. The van der Waals surface area contributed by atoms with Crippen LogP contribution >= 0.6 is 11.8 Å². The molecule has 0 saturated carbocycles. The molecule has 0 aliphatic rings. The molecule has 0 N–H and O–H groups in total. The van der Waals surface area contributed by atoms with E-state index in [0.29, 0.717) is 0 Å². The molecule has 0 amide bonds. The molecule has 1 heteroatoms. The highest BCUT2D eigenvalue weighted by Gasteiger charge is 1.95. The Morgan fingerprint density at radius 1 is 0.478 bits per heavy atom. The van der Waals surface area contributed by atoms with Crippen molar-refractivity contribution < 1.29 is 0 Å². The Bertz CT molecular complexity index is 170. The molecular weight excluding hydrogens is 296 g/mol. The predicted octanol–water partition coefficient (Wildman–Crippen LogP) is 8.60. The third kappa shape index (κ3) is 22.4. The first kappa shape index (κ1) is 23.4. The highest BCUT2D eigenvalue weighted by molar-refractivity contribution is 7.99. The lowest BCUT2D eigenvalue weighted by Gasteiger charge is -2.04. The predicted molar refractivity (Wildman–Crippen MR) is 111 cm³/mol. The minimum Gasteiger partial charge on any atom is -0.162 e. The average Bonchev–Trinajstić information content (AvgIpc) is 2.57. The fraction of sp³-hybridized carbons (Fsp3) is 0.955. The van der Waals surface area contributed by atoms with Gasteiger partial charge in [-0.2, -0.15) is 11.8 Å². The number of hydrogen-bond acceptors (Lipinski definition) is 1. The summed E-state index contributed by atoms with van der Waals surface area (Å²) in [7, 11) is 0. The minimum atomic E-state index is 1.12. The fourth-order valence-corrected chi connectivity index (χ4v) is 4.13. The van der Waals surface area contributed by atoms with E-state index < -0.39 is 0 Å². The van der Waals surface area contributed by atoms with Crippen molar-refractivity contribution in [3.8, 4) is 0 Å². The van der Waals surface area contributed by atoms with Crippen LogP contribution in [0.25, 0.3) is 0 Å². The second-order valence-electron chi connectivity index (χ2n) is 7.12. The highest BCUT2D eigenvalue weighted by atomic mass is 32.2. The van der Waals surface area contributed by atoms with Crippen LogP contribution in [0.3, 0.4) is 0 Å². The van der Waals surface area contributed by atoms with Crippen molar-refractivity contribution in [2.24, 2.45) is 0 Å². The van der Waals surface area contributed by atoms with Crippen LogP contribution < -0.4 is 0 Å². The van der Waals surface area contributed by atoms with Gasteiger partial charge in [-0.25, -0.2) is 0 Å². The molecule has 0 bridgehead atoms. The zero-order valence-electron chi connectivity index (χ0n) is 16.3. The van der Waals surface area contributed by atoms with Crippen LogP contribution in [0.15, 0.2) is 0 Å². The van der Waals surface area contributed by atoms with Crippen LogP contribution in [0.4, 0.5) is 0 Å². The van der Waals surface area contributed by atoms with Crippen LogP contribution in [0.2, 0.25) is 0 Å². The lowest BCUT2D eigenvalue weighted by atomic mass is 10.0. The second-order valence-corrected chi connectivity index (χ2v) is 8.35. The molecule has 0 aromatic heterocycles. The lowest BCUT2D eigenvalue weighted by molar-refractivity contribution is 0.533. The molecule has 0 nitrogen and oxygen atoms in total. The quantitative estimate of drug-likeness (QED) is 0.200. The maximum Gasteiger partial charge on any atom is -0.00675 e. The first-order valence-corrected chi connectivity index (χ1v) is 11.9. The molecule has 23 heavy (non-hydrogen) atoms. The number of rotatable bonds is 20. The van der Waals surface area contributed by atoms with Gasteiger partial charge in [0.25, 0.3) is 0 Å². The van der Waals surface area contributed by atoms with E-state index >= 15 is 0 Å². The van der Waals surface area contributed by atoms with E-state index in [1.807, 2.05) is 0 Å². The van der Waals surface area contributed by atoms with Gasteiger partial charge in [-0.1, -0.05) is 117 Å². The van der Waals surface area contributed by atoms with Crippen molar-refractivity contribution in [2.75, 3.05) is 11.5 Å². The standard InChI is InChI=1S/C22H45S/c1-3-5-7-8-9-10-11-12-13-14-15-16-17-18-19-20-22-23-21-6-4-2/h1,3-22H2,2H3. The summed E-state index contributed by atoms with van der Waals surface area (Å²) >= 11 is 2.16. The minimum absolute atomic E-state index is 1.12. The summed E-state index contributed by atoms with van der Waals surface area (Å²) in [5.41, 5.74) is 0. The number of unbranched alkanes of at least 4 members (excludes halogenated alkanes) is 16. The zero-order valence-corrected chi connectivity index (χ0v) is 17.1. The Hall–Kier alpha value is 0.350. The first-order valence-electron chi connectivity index (χ1n) is 10.8. The van der Waals surface area contributed by atoms with Crippen molar-refractivity contribution >= 4 is 11.8 Å². The Kier molecular flexibility index (Phi) is 22.7.